The highest BCUT2D eigenvalue weighted by Crippen LogP contribution is 2.21. The maximum atomic E-state index is 12.2. The molecule has 0 atom stereocenters. The molecule has 0 aromatic carbocycles. The number of likely N-dealkylation sites (tertiary alicyclic amines) is 1. The van der Waals surface area contributed by atoms with Crippen LogP contribution < -0.4 is 10.5 Å². The summed E-state index contributed by atoms with van der Waals surface area (Å²) in [7, 11) is 3.95. The Morgan fingerprint density at radius 2 is 2.07 bits per heavy atom. The van der Waals surface area contributed by atoms with Crippen molar-refractivity contribution >= 4 is 16.7 Å². The summed E-state index contributed by atoms with van der Waals surface area (Å²) in [6.45, 7) is 3.34. The molecule has 3 aromatic heterocycles. The first-order valence-electron chi connectivity index (χ1n) is 9.24. The molecule has 11 heteroatoms. The molecule has 0 amide bonds. The third-order valence-corrected chi connectivity index (χ3v) is 5.77. The van der Waals surface area contributed by atoms with Crippen molar-refractivity contribution in [3.63, 3.8) is 0 Å². The van der Waals surface area contributed by atoms with E-state index in [-0.39, 0.29) is 5.56 Å². The molecule has 1 fully saturated rings. The van der Waals surface area contributed by atoms with Crippen LogP contribution in [0.3, 0.4) is 0 Å². The average Bonchev–Trinajstić information content (AvgIpc) is 3.37. The van der Waals surface area contributed by atoms with Crippen LogP contribution in [-0.4, -0.2) is 66.0 Å². The third-order valence-electron chi connectivity index (χ3n) is 4.85. The quantitative estimate of drug-likeness (QED) is 0.594. The minimum atomic E-state index is -0.0887. The van der Waals surface area contributed by atoms with Gasteiger partial charge in [0.1, 0.15) is 12.7 Å². The van der Waals surface area contributed by atoms with E-state index in [9.17, 15) is 4.79 Å². The predicted octanol–water partition coefficient (Wildman–Crippen LogP) is 0.654. The van der Waals surface area contributed by atoms with Crippen LogP contribution in [0.4, 0.5) is 5.13 Å². The van der Waals surface area contributed by atoms with Gasteiger partial charge in [0.2, 0.25) is 5.13 Å². The highest BCUT2D eigenvalue weighted by atomic mass is 32.1. The molecule has 4 heterocycles. The first-order valence-corrected chi connectivity index (χ1v) is 10.0. The minimum Gasteiger partial charge on any atom is -0.353 e. The molecule has 10 nitrogen and oxygen atoms in total. The third kappa shape index (κ3) is 4.25. The number of hydrogen-bond acceptors (Lipinski definition) is 9. The molecule has 0 unspecified atom stereocenters. The van der Waals surface area contributed by atoms with Crippen LogP contribution in [0.1, 0.15) is 18.7 Å². The van der Waals surface area contributed by atoms with Gasteiger partial charge in [0.25, 0.3) is 5.56 Å². The fraction of sp³-hybridized carbons (Fsp3) is 0.529. The van der Waals surface area contributed by atoms with Crippen LogP contribution in [0.2, 0.25) is 0 Å². The lowest BCUT2D eigenvalue weighted by molar-refractivity contribution is 0.161. The van der Waals surface area contributed by atoms with Gasteiger partial charge in [0.15, 0.2) is 11.6 Å². The molecular weight excluding hydrogens is 378 g/mol. The summed E-state index contributed by atoms with van der Waals surface area (Å²) in [6.07, 6.45) is 5.06. The second-order valence-electron chi connectivity index (χ2n) is 7.16. The molecule has 28 heavy (non-hydrogen) atoms. The fourth-order valence-corrected chi connectivity index (χ4v) is 3.88. The van der Waals surface area contributed by atoms with Crippen molar-refractivity contribution in [2.45, 2.75) is 25.9 Å². The number of anilines is 1. The van der Waals surface area contributed by atoms with Gasteiger partial charge in [0, 0.05) is 38.2 Å². The molecule has 0 spiro atoms. The Hall–Kier alpha value is -2.66. The van der Waals surface area contributed by atoms with Crippen LogP contribution in [0, 0.1) is 5.92 Å². The predicted molar refractivity (Wildman–Crippen MR) is 106 cm³/mol. The van der Waals surface area contributed by atoms with Gasteiger partial charge in [-0.1, -0.05) is 0 Å². The van der Waals surface area contributed by atoms with Crippen molar-refractivity contribution in [3.8, 4) is 5.82 Å². The summed E-state index contributed by atoms with van der Waals surface area (Å²) in [5.41, 5.74) is -0.0887. The van der Waals surface area contributed by atoms with Crippen LogP contribution in [0.15, 0.2) is 29.6 Å². The fourth-order valence-electron chi connectivity index (χ4n) is 3.28. The van der Waals surface area contributed by atoms with Gasteiger partial charge in [-0.05, 0) is 37.9 Å². The van der Waals surface area contributed by atoms with Crippen LogP contribution in [0.25, 0.3) is 5.82 Å². The van der Waals surface area contributed by atoms with Crippen molar-refractivity contribution in [2.75, 3.05) is 32.1 Å². The summed E-state index contributed by atoms with van der Waals surface area (Å²) in [5.74, 6) is 1.90. The molecule has 4 rings (SSSR count). The van der Waals surface area contributed by atoms with Crippen molar-refractivity contribution in [3.05, 3.63) is 41.0 Å². The second-order valence-corrected chi connectivity index (χ2v) is 7.89. The van der Waals surface area contributed by atoms with Gasteiger partial charge in [-0.3, -0.25) is 9.69 Å². The lowest BCUT2D eigenvalue weighted by atomic mass is 9.97. The molecule has 1 saturated heterocycles. The zero-order valence-corrected chi connectivity index (χ0v) is 16.8. The first-order chi connectivity index (χ1) is 13.6. The highest BCUT2D eigenvalue weighted by molar-refractivity contribution is 7.09. The number of hydrogen-bond donors (Lipinski definition) is 0. The Morgan fingerprint density at radius 3 is 2.75 bits per heavy atom. The van der Waals surface area contributed by atoms with E-state index in [4.69, 9.17) is 0 Å². The molecule has 0 N–H and O–H groups in total. The van der Waals surface area contributed by atoms with E-state index in [1.54, 1.807) is 21.8 Å². The highest BCUT2D eigenvalue weighted by Gasteiger charge is 2.22. The van der Waals surface area contributed by atoms with Gasteiger partial charge in [0.05, 0.1) is 6.54 Å². The van der Waals surface area contributed by atoms with Crippen LogP contribution >= 0.6 is 11.5 Å². The van der Waals surface area contributed by atoms with E-state index < -0.39 is 0 Å². The molecule has 148 valence electrons. The summed E-state index contributed by atoms with van der Waals surface area (Å²) in [5, 5.41) is 9.45. The SMILES string of the molecule is CN(C)c1nc(CN2CCC(Cn3nc(-n4cncn4)ccc3=O)CC2)ns1. The van der Waals surface area contributed by atoms with Gasteiger partial charge in [-0.15, -0.1) is 5.10 Å². The number of nitrogens with zero attached hydrogens (tertiary/aromatic N) is 9. The minimum absolute atomic E-state index is 0.0887. The molecule has 1 aliphatic heterocycles. The van der Waals surface area contributed by atoms with E-state index in [1.807, 2.05) is 19.0 Å². The maximum Gasteiger partial charge on any atom is 0.266 e. The van der Waals surface area contributed by atoms with E-state index >= 15 is 0 Å². The summed E-state index contributed by atoms with van der Waals surface area (Å²) in [4.78, 5) is 25.0. The zero-order valence-electron chi connectivity index (χ0n) is 16.0. The van der Waals surface area contributed by atoms with E-state index in [0.717, 1.165) is 43.4 Å². The number of aromatic nitrogens is 7. The van der Waals surface area contributed by atoms with Gasteiger partial charge < -0.3 is 4.90 Å². The molecule has 0 bridgehead atoms. The van der Waals surface area contributed by atoms with E-state index in [0.29, 0.717) is 18.3 Å². The van der Waals surface area contributed by atoms with Crippen molar-refractivity contribution in [2.24, 2.45) is 5.92 Å². The lowest BCUT2D eigenvalue weighted by Gasteiger charge is -2.31. The Morgan fingerprint density at radius 1 is 1.25 bits per heavy atom. The van der Waals surface area contributed by atoms with Crippen molar-refractivity contribution < 1.29 is 0 Å². The van der Waals surface area contributed by atoms with Crippen molar-refractivity contribution in [1.29, 1.82) is 0 Å². The largest absolute Gasteiger partial charge is 0.353 e. The van der Waals surface area contributed by atoms with E-state index in [1.165, 1.54) is 23.9 Å². The second kappa shape index (κ2) is 8.15. The first kappa shape index (κ1) is 18.7. The van der Waals surface area contributed by atoms with E-state index in [2.05, 4.69) is 29.4 Å². The smallest absolute Gasteiger partial charge is 0.266 e. The summed E-state index contributed by atoms with van der Waals surface area (Å²) in [6, 6.07) is 3.20. The monoisotopic (exact) mass is 401 g/mol. The Balaban J connectivity index is 1.34. The number of rotatable bonds is 6. The molecule has 0 radical (unpaired) electrons. The summed E-state index contributed by atoms with van der Waals surface area (Å²) >= 11 is 1.43. The molecule has 0 aliphatic carbocycles. The lowest BCUT2D eigenvalue weighted by Crippen LogP contribution is -2.36. The summed E-state index contributed by atoms with van der Waals surface area (Å²) < 4.78 is 7.54. The molecule has 1 aliphatic rings. The molecular formula is C17H23N9OS. The van der Waals surface area contributed by atoms with Gasteiger partial charge >= 0.3 is 0 Å². The number of piperidine rings is 1. The van der Waals surface area contributed by atoms with Gasteiger partial charge in [-0.25, -0.2) is 19.3 Å². The van der Waals surface area contributed by atoms with Crippen LogP contribution in [-0.2, 0) is 13.1 Å². The topological polar surface area (TPSA) is 97.9 Å². The van der Waals surface area contributed by atoms with Crippen LogP contribution in [0.5, 0.6) is 0 Å². The normalized spacial score (nSPS) is 15.8. The average molecular weight is 402 g/mol. The maximum absolute atomic E-state index is 12.2. The standard InChI is InChI=1S/C17H23N9OS/c1-23(2)17-20-14(22-28-17)10-24-7-5-13(6-8-24)9-25-16(27)4-3-15(21-25)26-12-18-11-19-26/h3-4,11-13H,5-10H2,1-2H3. The Labute approximate surface area is 166 Å². The zero-order chi connectivity index (χ0) is 19.5. The Kier molecular flexibility index (Phi) is 5.44. The molecule has 3 aromatic rings. The van der Waals surface area contributed by atoms with Gasteiger partial charge in [-0.2, -0.15) is 9.47 Å². The Bertz CT molecular complexity index is 957. The van der Waals surface area contributed by atoms with Crippen molar-refractivity contribution in [1.82, 2.24) is 38.8 Å². The molecule has 0 saturated carbocycles.